The molecule has 0 aromatic carbocycles. The molecule has 0 saturated heterocycles. The average Bonchev–Trinajstić information content (AvgIpc) is 2.54. The van der Waals surface area contributed by atoms with E-state index >= 15 is 0 Å². The molecule has 1 amide bonds. The lowest BCUT2D eigenvalue weighted by Crippen LogP contribution is -2.40. The number of unbranched alkanes of at least 4 members (excludes halogenated alkanes) is 1. The fourth-order valence-electron chi connectivity index (χ4n) is 3.29. The molecule has 0 unspecified atom stereocenters. The van der Waals surface area contributed by atoms with Gasteiger partial charge in [0.05, 0.1) is 12.2 Å². The second-order valence-corrected chi connectivity index (χ2v) is 6.67. The molecule has 0 saturated carbocycles. The SMILES string of the molecule is CCCC[C@H](CC)C(=O)N1CCc2nc(C)nc(N(C)C)c2C1. The second kappa shape index (κ2) is 7.75. The van der Waals surface area contributed by atoms with Crippen molar-refractivity contribution >= 4 is 11.7 Å². The van der Waals surface area contributed by atoms with Crippen LogP contribution >= 0.6 is 0 Å². The number of amides is 1. The van der Waals surface area contributed by atoms with Gasteiger partial charge in [0.15, 0.2) is 0 Å². The van der Waals surface area contributed by atoms with Crippen LogP contribution in [0.3, 0.4) is 0 Å². The van der Waals surface area contributed by atoms with E-state index in [0.717, 1.165) is 61.5 Å². The summed E-state index contributed by atoms with van der Waals surface area (Å²) in [5.41, 5.74) is 2.22. The number of aryl methyl sites for hydroxylation is 1. The van der Waals surface area contributed by atoms with E-state index in [0.29, 0.717) is 12.5 Å². The fourth-order valence-corrected chi connectivity index (χ4v) is 3.29. The van der Waals surface area contributed by atoms with Crippen molar-refractivity contribution in [2.45, 2.75) is 59.4 Å². The van der Waals surface area contributed by atoms with Gasteiger partial charge in [-0.2, -0.15) is 0 Å². The molecule has 1 aromatic heterocycles. The maximum absolute atomic E-state index is 12.9. The normalized spacial score (nSPS) is 15.3. The predicted octanol–water partition coefficient (Wildman–Crippen LogP) is 2.95. The summed E-state index contributed by atoms with van der Waals surface area (Å²) >= 11 is 0. The van der Waals surface area contributed by atoms with Crippen molar-refractivity contribution in [1.29, 1.82) is 0 Å². The second-order valence-electron chi connectivity index (χ2n) is 6.67. The first-order valence-electron chi connectivity index (χ1n) is 8.80. The lowest BCUT2D eigenvalue weighted by Gasteiger charge is -2.33. The van der Waals surface area contributed by atoms with Crippen LogP contribution < -0.4 is 4.90 Å². The van der Waals surface area contributed by atoms with Gasteiger partial charge in [-0.05, 0) is 19.8 Å². The van der Waals surface area contributed by atoms with E-state index in [1.165, 1.54) is 0 Å². The summed E-state index contributed by atoms with van der Waals surface area (Å²) < 4.78 is 0. The lowest BCUT2D eigenvalue weighted by atomic mass is 9.96. The molecule has 1 aliphatic rings. The van der Waals surface area contributed by atoms with E-state index in [-0.39, 0.29) is 5.92 Å². The van der Waals surface area contributed by atoms with Crippen molar-refractivity contribution in [3.8, 4) is 0 Å². The minimum Gasteiger partial charge on any atom is -0.362 e. The van der Waals surface area contributed by atoms with E-state index in [9.17, 15) is 4.79 Å². The highest BCUT2D eigenvalue weighted by molar-refractivity contribution is 5.79. The minimum absolute atomic E-state index is 0.158. The third kappa shape index (κ3) is 4.01. The Balaban J connectivity index is 2.20. The van der Waals surface area contributed by atoms with Gasteiger partial charge >= 0.3 is 0 Å². The number of carbonyl (C=O) groups excluding carboxylic acids is 1. The molecule has 1 atom stereocenters. The van der Waals surface area contributed by atoms with Gasteiger partial charge in [-0.3, -0.25) is 4.79 Å². The van der Waals surface area contributed by atoms with Gasteiger partial charge in [0.1, 0.15) is 11.6 Å². The Labute approximate surface area is 140 Å². The number of nitrogens with zero attached hydrogens (tertiary/aromatic N) is 4. The molecule has 2 rings (SSSR count). The summed E-state index contributed by atoms with van der Waals surface area (Å²) in [6, 6.07) is 0. The van der Waals surface area contributed by atoms with Crippen molar-refractivity contribution in [2.75, 3.05) is 25.5 Å². The zero-order chi connectivity index (χ0) is 17.0. The number of anilines is 1. The molecule has 2 heterocycles. The van der Waals surface area contributed by atoms with Crippen LogP contribution in [-0.2, 0) is 17.8 Å². The monoisotopic (exact) mass is 318 g/mol. The van der Waals surface area contributed by atoms with Gasteiger partial charge in [0.25, 0.3) is 0 Å². The molecule has 0 radical (unpaired) electrons. The van der Waals surface area contributed by atoms with Crippen LogP contribution in [0.5, 0.6) is 0 Å². The Kier molecular flexibility index (Phi) is 5.97. The van der Waals surface area contributed by atoms with Crippen molar-refractivity contribution in [3.63, 3.8) is 0 Å². The Morgan fingerprint density at radius 2 is 2.04 bits per heavy atom. The van der Waals surface area contributed by atoms with Crippen molar-refractivity contribution in [3.05, 3.63) is 17.1 Å². The molecule has 128 valence electrons. The molecular weight excluding hydrogens is 288 g/mol. The Hall–Kier alpha value is -1.65. The summed E-state index contributed by atoms with van der Waals surface area (Å²) in [5, 5.41) is 0. The summed E-state index contributed by atoms with van der Waals surface area (Å²) in [4.78, 5) is 26.1. The Morgan fingerprint density at radius 3 is 2.65 bits per heavy atom. The van der Waals surface area contributed by atoms with Gasteiger partial charge in [0.2, 0.25) is 5.91 Å². The third-order valence-electron chi connectivity index (χ3n) is 4.63. The molecule has 1 aromatic rings. The first-order chi connectivity index (χ1) is 11.0. The molecular formula is C18H30N4O. The van der Waals surface area contributed by atoms with Gasteiger partial charge in [0, 0.05) is 38.5 Å². The quantitative estimate of drug-likeness (QED) is 0.809. The standard InChI is InChI=1S/C18H30N4O/c1-6-8-9-14(7-2)18(23)22-11-10-16-15(12-22)17(21(4)5)20-13(3)19-16/h14H,6-12H2,1-5H3/t14-/m0/s1. The Morgan fingerprint density at radius 1 is 1.30 bits per heavy atom. The van der Waals surface area contributed by atoms with E-state index in [4.69, 9.17) is 0 Å². The molecule has 5 heteroatoms. The van der Waals surface area contributed by atoms with Crippen LogP contribution in [0, 0.1) is 12.8 Å². The molecule has 0 aliphatic carbocycles. The first kappa shape index (κ1) is 17.7. The highest BCUT2D eigenvalue weighted by Crippen LogP contribution is 2.27. The van der Waals surface area contributed by atoms with Crippen LogP contribution in [0.2, 0.25) is 0 Å². The number of carbonyl (C=O) groups is 1. The molecule has 0 spiro atoms. The molecule has 23 heavy (non-hydrogen) atoms. The highest BCUT2D eigenvalue weighted by Gasteiger charge is 2.29. The van der Waals surface area contributed by atoms with Crippen molar-refractivity contribution in [2.24, 2.45) is 5.92 Å². The highest BCUT2D eigenvalue weighted by atomic mass is 16.2. The smallest absolute Gasteiger partial charge is 0.225 e. The largest absolute Gasteiger partial charge is 0.362 e. The molecule has 0 N–H and O–H groups in total. The number of hydrogen-bond acceptors (Lipinski definition) is 4. The Bertz CT molecular complexity index is 556. The van der Waals surface area contributed by atoms with Crippen molar-refractivity contribution in [1.82, 2.24) is 14.9 Å². The van der Waals surface area contributed by atoms with E-state index in [1.54, 1.807) is 0 Å². The van der Waals surface area contributed by atoms with E-state index in [2.05, 4.69) is 23.8 Å². The topological polar surface area (TPSA) is 49.3 Å². The zero-order valence-corrected chi connectivity index (χ0v) is 15.2. The maximum Gasteiger partial charge on any atom is 0.225 e. The van der Waals surface area contributed by atoms with Gasteiger partial charge in [-0.1, -0.05) is 26.7 Å². The maximum atomic E-state index is 12.9. The number of fused-ring (bicyclic) bond motifs is 1. The molecule has 0 bridgehead atoms. The van der Waals surface area contributed by atoms with Gasteiger partial charge in [-0.15, -0.1) is 0 Å². The predicted molar refractivity (Wildman–Crippen MR) is 93.5 cm³/mol. The third-order valence-corrected chi connectivity index (χ3v) is 4.63. The summed E-state index contributed by atoms with van der Waals surface area (Å²) in [7, 11) is 4.00. The number of rotatable bonds is 6. The minimum atomic E-state index is 0.158. The number of hydrogen-bond donors (Lipinski definition) is 0. The summed E-state index contributed by atoms with van der Waals surface area (Å²) in [5.74, 6) is 2.22. The molecule has 1 aliphatic heterocycles. The summed E-state index contributed by atoms with van der Waals surface area (Å²) in [6.45, 7) is 7.65. The van der Waals surface area contributed by atoms with Gasteiger partial charge in [-0.25, -0.2) is 9.97 Å². The average molecular weight is 318 g/mol. The van der Waals surface area contributed by atoms with E-state index < -0.39 is 0 Å². The van der Waals surface area contributed by atoms with Gasteiger partial charge < -0.3 is 9.80 Å². The van der Waals surface area contributed by atoms with Crippen molar-refractivity contribution < 1.29 is 4.79 Å². The fraction of sp³-hybridized carbons (Fsp3) is 0.722. The first-order valence-corrected chi connectivity index (χ1v) is 8.80. The molecule has 5 nitrogen and oxygen atoms in total. The lowest BCUT2D eigenvalue weighted by molar-refractivity contribution is -0.136. The van der Waals surface area contributed by atoms with Crippen LogP contribution in [-0.4, -0.2) is 41.4 Å². The zero-order valence-electron chi connectivity index (χ0n) is 15.2. The molecule has 0 fully saturated rings. The number of aromatic nitrogens is 2. The van der Waals surface area contributed by atoms with Crippen LogP contribution in [0.25, 0.3) is 0 Å². The van der Waals surface area contributed by atoms with Crippen LogP contribution in [0.15, 0.2) is 0 Å². The van der Waals surface area contributed by atoms with Crippen LogP contribution in [0.1, 0.15) is 56.6 Å². The van der Waals surface area contributed by atoms with E-state index in [1.807, 2.05) is 30.8 Å². The van der Waals surface area contributed by atoms with Crippen LogP contribution in [0.4, 0.5) is 5.82 Å². The summed E-state index contributed by atoms with van der Waals surface area (Å²) in [6.07, 6.45) is 5.02.